The number of nitrogens with zero attached hydrogens (tertiary/aromatic N) is 4. The molecule has 0 spiro atoms. The first-order valence-electron chi connectivity index (χ1n) is 11.0. The number of hydrogen-bond acceptors (Lipinski definition) is 5. The van der Waals surface area contributed by atoms with Crippen molar-refractivity contribution in [2.75, 3.05) is 18.1 Å². The van der Waals surface area contributed by atoms with Crippen LogP contribution >= 0.6 is 12.2 Å². The summed E-state index contributed by atoms with van der Waals surface area (Å²) in [5.74, 6) is 1.65. The minimum absolute atomic E-state index is 0.00593. The van der Waals surface area contributed by atoms with Gasteiger partial charge >= 0.3 is 0 Å². The second-order valence-electron chi connectivity index (χ2n) is 9.01. The largest absolute Gasteiger partial charge is 0.280 e. The van der Waals surface area contributed by atoms with Gasteiger partial charge in [-0.15, -0.1) is 5.10 Å². The van der Waals surface area contributed by atoms with Gasteiger partial charge in [0.2, 0.25) is 4.77 Å². The molecule has 1 fully saturated rings. The third-order valence-electron chi connectivity index (χ3n) is 5.77. The molecule has 6 nitrogen and oxygen atoms in total. The normalized spacial score (nSPS) is 18.0. The highest BCUT2D eigenvalue weighted by molar-refractivity contribution is 7.91. The minimum Gasteiger partial charge on any atom is -0.280 e. The van der Waals surface area contributed by atoms with E-state index in [0.29, 0.717) is 23.8 Å². The maximum Gasteiger partial charge on any atom is 0.204 e. The summed E-state index contributed by atoms with van der Waals surface area (Å²) >= 11 is 5.91. The van der Waals surface area contributed by atoms with Crippen molar-refractivity contribution in [1.82, 2.24) is 19.2 Å². The van der Waals surface area contributed by atoms with Crippen LogP contribution in [0.2, 0.25) is 0 Å². The molecule has 3 aromatic rings. The fraction of sp³-hybridized carbons (Fsp3) is 0.417. The summed E-state index contributed by atoms with van der Waals surface area (Å²) in [6.07, 6.45) is 0.659. The van der Waals surface area contributed by atoms with Crippen LogP contribution in [0.4, 0.5) is 0 Å². The van der Waals surface area contributed by atoms with Gasteiger partial charge in [0.05, 0.1) is 23.9 Å². The zero-order chi connectivity index (χ0) is 22.9. The van der Waals surface area contributed by atoms with Crippen molar-refractivity contribution in [3.8, 4) is 17.1 Å². The van der Waals surface area contributed by atoms with Gasteiger partial charge in [-0.25, -0.2) is 13.1 Å². The van der Waals surface area contributed by atoms with Gasteiger partial charge in [-0.05, 0) is 49.2 Å². The number of rotatable bonds is 7. The molecule has 0 amide bonds. The zero-order valence-corrected chi connectivity index (χ0v) is 20.4. The van der Waals surface area contributed by atoms with Gasteiger partial charge in [0.25, 0.3) is 0 Å². The van der Waals surface area contributed by atoms with E-state index in [-0.39, 0.29) is 17.5 Å². The Balaban J connectivity index is 1.78. The van der Waals surface area contributed by atoms with E-state index in [1.165, 1.54) is 0 Å². The van der Waals surface area contributed by atoms with E-state index in [1.54, 1.807) is 0 Å². The molecule has 0 aliphatic carbocycles. The first kappa shape index (κ1) is 22.9. The molecule has 2 heterocycles. The van der Waals surface area contributed by atoms with Crippen LogP contribution in [-0.2, 0) is 16.5 Å². The fourth-order valence-corrected chi connectivity index (χ4v) is 6.35. The van der Waals surface area contributed by atoms with Gasteiger partial charge in [0.1, 0.15) is 0 Å². The van der Waals surface area contributed by atoms with Crippen molar-refractivity contribution >= 4 is 22.1 Å². The summed E-state index contributed by atoms with van der Waals surface area (Å²) in [6.45, 7) is 7.62. The van der Waals surface area contributed by atoms with E-state index in [0.717, 1.165) is 29.2 Å². The molecule has 1 aromatic heterocycles. The molecule has 170 valence electrons. The fourth-order valence-electron chi connectivity index (χ4n) is 4.30. The average molecular weight is 471 g/mol. The highest BCUT2D eigenvalue weighted by Crippen LogP contribution is 2.25. The first-order chi connectivity index (χ1) is 15.2. The van der Waals surface area contributed by atoms with Crippen molar-refractivity contribution in [1.29, 1.82) is 0 Å². The molecule has 4 rings (SSSR count). The van der Waals surface area contributed by atoms with Crippen molar-refractivity contribution in [3.05, 3.63) is 64.9 Å². The van der Waals surface area contributed by atoms with Crippen LogP contribution < -0.4 is 0 Å². The second-order valence-corrected chi connectivity index (χ2v) is 11.6. The molecule has 1 aliphatic rings. The Labute approximate surface area is 195 Å². The van der Waals surface area contributed by atoms with E-state index in [9.17, 15) is 8.42 Å². The topological polar surface area (TPSA) is 60.1 Å². The third-order valence-corrected chi connectivity index (χ3v) is 7.91. The van der Waals surface area contributed by atoms with E-state index in [1.807, 2.05) is 51.7 Å². The standard InChI is InChI=1S/C24H30N4O2S2/c1-18(2)15-26(22-12-13-32(29,30)16-22)17-27-24(31)28(21-11-7-8-19(3)14-21)23(25-27)20-9-5-4-6-10-20/h4-11,14,18,22H,12-13,15-17H2,1-3H3/t22-/m0/s1. The quantitative estimate of drug-likeness (QED) is 0.477. The van der Waals surface area contributed by atoms with Gasteiger partial charge < -0.3 is 0 Å². The monoisotopic (exact) mass is 470 g/mol. The molecule has 8 heteroatoms. The summed E-state index contributed by atoms with van der Waals surface area (Å²) < 4.78 is 28.7. The van der Waals surface area contributed by atoms with Crippen molar-refractivity contribution < 1.29 is 8.42 Å². The molecule has 0 N–H and O–H groups in total. The molecule has 0 unspecified atom stereocenters. The van der Waals surface area contributed by atoms with Crippen LogP contribution in [0.25, 0.3) is 17.1 Å². The van der Waals surface area contributed by atoms with Gasteiger partial charge in [0, 0.05) is 18.2 Å². The molecule has 2 aromatic carbocycles. The number of benzene rings is 2. The molecule has 0 bridgehead atoms. The van der Waals surface area contributed by atoms with Gasteiger partial charge in [-0.3, -0.25) is 9.47 Å². The summed E-state index contributed by atoms with van der Waals surface area (Å²) in [7, 11) is -2.97. The predicted octanol–water partition coefficient (Wildman–Crippen LogP) is 4.48. The Morgan fingerprint density at radius 3 is 2.53 bits per heavy atom. The predicted molar refractivity (Wildman–Crippen MR) is 131 cm³/mol. The van der Waals surface area contributed by atoms with Crippen molar-refractivity contribution in [3.63, 3.8) is 0 Å². The minimum atomic E-state index is -2.97. The number of sulfone groups is 1. The summed E-state index contributed by atoms with van der Waals surface area (Å²) in [5.41, 5.74) is 3.10. The van der Waals surface area contributed by atoms with E-state index in [4.69, 9.17) is 17.3 Å². The molecular formula is C24H30N4O2S2. The summed E-state index contributed by atoms with van der Waals surface area (Å²) in [6, 6.07) is 18.2. The Hall–Kier alpha value is -2.29. The number of aromatic nitrogens is 3. The highest BCUT2D eigenvalue weighted by atomic mass is 32.2. The van der Waals surface area contributed by atoms with Crippen LogP contribution in [0, 0.1) is 17.6 Å². The van der Waals surface area contributed by atoms with Crippen LogP contribution in [0.3, 0.4) is 0 Å². The first-order valence-corrected chi connectivity index (χ1v) is 13.2. The Morgan fingerprint density at radius 2 is 1.91 bits per heavy atom. The molecule has 1 atom stereocenters. The Kier molecular flexibility index (Phi) is 6.65. The van der Waals surface area contributed by atoms with Crippen LogP contribution in [-0.4, -0.2) is 51.8 Å². The summed E-state index contributed by atoms with van der Waals surface area (Å²) in [4.78, 5) is 2.23. The molecule has 1 saturated heterocycles. The van der Waals surface area contributed by atoms with Crippen LogP contribution in [0.1, 0.15) is 25.8 Å². The van der Waals surface area contributed by atoms with E-state index in [2.05, 4.69) is 37.8 Å². The van der Waals surface area contributed by atoms with E-state index < -0.39 is 9.84 Å². The molecular weight excluding hydrogens is 440 g/mol. The lowest BCUT2D eigenvalue weighted by Gasteiger charge is -2.29. The smallest absolute Gasteiger partial charge is 0.204 e. The number of hydrogen-bond donors (Lipinski definition) is 0. The van der Waals surface area contributed by atoms with Crippen molar-refractivity contribution in [2.45, 2.75) is 39.9 Å². The highest BCUT2D eigenvalue weighted by Gasteiger charge is 2.33. The molecule has 0 saturated carbocycles. The lowest BCUT2D eigenvalue weighted by atomic mass is 10.1. The maximum atomic E-state index is 12.1. The van der Waals surface area contributed by atoms with Gasteiger partial charge in [0.15, 0.2) is 15.7 Å². The number of aryl methyl sites for hydroxylation is 1. The maximum absolute atomic E-state index is 12.1. The zero-order valence-electron chi connectivity index (χ0n) is 18.8. The second kappa shape index (κ2) is 9.29. The van der Waals surface area contributed by atoms with Gasteiger partial charge in [-0.1, -0.05) is 56.3 Å². The molecule has 1 aliphatic heterocycles. The SMILES string of the molecule is Cc1cccc(-n2c(-c3ccccc3)nn(CN(CC(C)C)[C@H]3CCS(=O)(=O)C3)c2=S)c1. The van der Waals surface area contributed by atoms with Crippen LogP contribution in [0.5, 0.6) is 0 Å². The van der Waals surface area contributed by atoms with Crippen LogP contribution in [0.15, 0.2) is 54.6 Å². The lowest BCUT2D eigenvalue weighted by Crippen LogP contribution is -2.40. The molecule has 0 radical (unpaired) electrons. The van der Waals surface area contributed by atoms with Gasteiger partial charge in [-0.2, -0.15) is 0 Å². The van der Waals surface area contributed by atoms with E-state index >= 15 is 0 Å². The Morgan fingerprint density at radius 1 is 1.16 bits per heavy atom. The molecule has 32 heavy (non-hydrogen) atoms. The van der Waals surface area contributed by atoms with Crippen molar-refractivity contribution in [2.24, 2.45) is 5.92 Å². The average Bonchev–Trinajstić information content (AvgIpc) is 3.27. The summed E-state index contributed by atoms with van der Waals surface area (Å²) in [5, 5.41) is 4.93. The lowest BCUT2D eigenvalue weighted by molar-refractivity contribution is 0.137. The third kappa shape index (κ3) is 5.03. The Bertz CT molecular complexity index is 1250.